The third kappa shape index (κ3) is 5.64. The van der Waals surface area contributed by atoms with Crippen molar-refractivity contribution in [3.05, 3.63) is 163 Å². The molecule has 2 heterocycles. The minimum absolute atomic E-state index is 0.0251. The maximum Gasteiger partial charge on any atom is 0.0788 e. The number of hydrogen-bond acceptors (Lipinski definition) is 2. The summed E-state index contributed by atoms with van der Waals surface area (Å²) in [6, 6.07) is 51.0. The summed E-state index contributed by atoms with van der Waals surface area (Å²) in [6.07, 6.45) is 3.74. The Labute approximate surface area is 291 Å². The molecule has 0 amide bonds. The van der Waals surface area contributed by atoms with Gasteiger partial charge in [-0.2, -0.15) is 0 Å². The molecule has 238 valence electrons. The van der Waals surface area contributed by atoms with Gasteiger partial charge in [0.1, 0.15) is 0 Å². The Morgan fingerprint density at radius 3 is 1.76 bits per heavy atom. The monoisotopic (exact) mass is 648 g/mol. The van der Waals surface area contributed by atoms with Crippen LogP contribution in [0, 0.1) is 0 Å². The van der Waals surface area contributed by atoms with Crippen molar-refractivity contribution < 1.29 is 0 Å². The Morgan fingerprint density at radius 2 is 1.06 bits per heavy atom. The minimum atomic E-state index is -1.42. The van der Waals surface area contributed by atoms with Crippen molar-refractivity contribution in [2.24, 2.45) is 0 Å². The second-order valence-electron chi connectivity index (χ2n) is 14.8. The highest BCUT2D eigenvalue weighted by Crippen LogP contribution is 2.49. The maximum atomic E-state index is 5.33. The van der Waals surface area contributed by atoms with Gasteiger partial charge in [-0.3, -0.25) is 4.98 Å². The first-order valence-electron chi connectivity index (χ1n) is 17.1. The molecule has 7 aromatic rings. The average molecular weight is 649 g/mol. The highest BCUT2D eigenvalue weighted by molar-refractivity contribution is 6.88. The molecule has 3 heteroatoms. The summed E-state index contributed by atoms with van der Waals surface area (Å²) in [6.45, 7) is 11.8. The molecule has 0 fully saturated rings. The first kappa shape index (κ1) is 30.9. The Morgan fingerprint density at radius 1 is 0.469 bits per heavy atom. The highest BCUT2D eigenvalue weighted by atomic mass is 28.3. The summed E-state index contributed by atoms with van der Waals surface area (Å²) in [5, 5.41) is 1.44. The lowest BCUT2D eigenvalue weighted by Crippen LogP contribution is -2.37. The second-order valence-corrected chi connectivity index (χ2v) is 19.8. The third-order valence-corrected chi connectivity index (χ3v) is 12.2. The molecule has 0 atom stereocenters. The number of hydrogen-bond donors (Lipinski definition) is 0. The highest BCUT2D eigenvalue weighted by Gasteiger charge is 2.35. The van der Waals surface area contributed by atoms with Crippen LogP contribution >= 0.6 is 0 Å². The van der Waals surface area contributed by atoms with E-state index in [0.717, 1.165) is 33.6 Å². The van der Waals surface area contributed by atoms with Crippen molar-refractivity contribution in [3.63, 3.8) is 0 Å². The predicted molar refractivity (Wildman–Crippen MR) is 210 cm³/mol. The number of rotatable bonds is 6. The SMILES string of the molecule is CC1(C)c2ccccc2-c2ccc(-c3cccc(-c4cccc(-c5ccc(-c6cccnc6)c(-c6ccc([Si](C)(C)C)cc6)n5)c4)c3)cc21. The Hall–Kier alpha value is -5.38. The number of pyridine rings is 2. The third-order valence-electron chi connectivity index (χ3n) is 10.2. The molecular weight excluding hydrogens is 609 g/mol. The van der Waals surface area contributed by atoms with Crippen LogP contribution in [0.3, 0.4) is 0 Å². The summed E-state index contributed by atoms with van der Waals surface area (Å²) in [5.74, 6) is 0. The van der Waals surface area contributed by atoms with Gasteiger partial charge < -0.3 is 0 Å². The maximum absolute atomic E-state index is 5.33. The topological polar surface area (TPSA) is 25.8 Å². The summed E-state index contributed by atoms with van der Waals surface area (Å²) < 4.78 is 0. The van der Waals surface area contributed by atoms with Gasteiger partial charge in [0, 0.05) is 40.1 Å². The van der Waals surface area contributed by atoms with Crippen LogP contribution in [-0.2, 0) is 5.41 Å². The van der Waals surface area contributed by atoms with Crippen LogP contribution in [0.1, 0.15) is 25.0 Å². The van der Waals surface area contributed by atoms with Crippen LogP contribution in [0.4, 0.5) is 0 Å². The molecule has 0 spiro atoms. The van der Waals surface area contributed by atoms with Crippen LogP contribution in [0.5, 0.6) is 0 Å². The minimum Gasteiger partial charge on any atom is -0.264 e. The van der Waals surface area contributed by atoms with Gasteiger partial charge in [0.2, 0.25) is 0 Å². The number of nitrogens with zero attached hydrogens (tertiary/aromatic N) is 2. The van der Waals surface area contributed by atoms with E-state index in [0.29, 0.717) is 0 Å². The van der Waals surface area contributed by atoms with Crippen molar-refractivity contribution in [2.75, 3.05) is 0 Å². The summed E-state index contributed by atoms with van der Waals surface area (Å²) >= 11 is 0. The molecular formula is C46H40N2Si. The molecule has 0 saturated carbocycles. The van der Waals surface area contributed by atoms with E-state index in [4.69, 9.17) is 4.98 Å². The Balaban J connectivity index is 1.16. The Bertz CT molecular complexity index is 2330. The van der Waals surface area contributed by atoms with Crippen molar-refractivity contribution in [3.8, 4) is 67.0 Å². The summed E-state index contributed by atoms with van der Waals surface area (Å²) in [7, 11) is -1.42. The Kier molecular flexibility index (Phi) is 7.54. The van der Waals surface area contributed by atoms with Gasteiger partial charge in [0.25, 0.3) is 0 Å². The molecule has 49 heavy (non-hydrogen) atoms. The lowest BCUT2D eigenvalue weighted by atomic mass is 9.81. The fourth-order valence-corrected chi connectivity index (χ4v) is 8.51. The molecule has 0 unspecified atom stereocenters. The van der Waals surface area contributed by atoms with Gasteiger partial charge >= 0.3 is 0 Å². The number of benzene rings is 5. The second kappa shape index (κ2) is 11.9. The van der Waals surface area contributed by atoms with Gasteiger partial charge in [0.05, 0.1) is 19.5 Å². The van der Waals surface area contributed by atoms with Gasteiger partial charge in [-0.25, -0.2) is 4.98 Å². The van der Waals surface area contributed by atoms with Gasteiger partial charge in [-0.15, -0.1) is 0 Å². The largest absolute Gasteiger partial charge is 0.264 e. The van der Waals surface area contributed by atoms with E-state index < -0.39 is 8.07 Å². The van der Waals surface area contributed by atoms with E-state index in [1.807, 2.05) is 18.5 Å². The molecule has 8 rings (SSSR count). The van der Waals surface area contributed by atoms with E-state index >= 15 is 0 Å². The zero-order chi connectivity index (χ0) is 33.8. The molecule has 0 N–H and O–H groups in total. The fourth-order valence-electron chi connectivity index (χ4n) is 7.34. The summed E-state index contributed by atoms with van der Waals surface area (Å²) in [5.41, 5.74) is 16.6. The normalized spacial score (nSPS) is 13.2. The molecule has 5 aromatic carbocycles. The molecule has 0 bridgehead atoms. The van der Waals surface area contributed by atoms with E-state index in [1.54, 1.807) is 0 Å². The van der Waals surface area contributed by atoms with Crippen LogP contribution in [-0.4, -0.2) is 18.0 Å². The van der Waals surface area contributed by atoms with Gasteiger partial charge in [-0.05, 0) is 80.9 Å². The summed E-state index contributed by atoms with van der Waals surface area (Å²) in [4.78, 5) is 9.74. The molecule has 1 aliphatic carbocycles. The van der Waals surface area contributed by atoms with Crippen LogP contribution < -0.4 is 5.19 Å². The number of fused-ring (bicyclic) bond motifs is 3. The molecule has 0 saturated heterocycles. The lowest BCUT2D eigenvalue weighted by molar-refractivity contribution is 0.660. The van der Waals surface area contributed by atoms with Crippen molar-refractivity contribution in [2.45, 2.75) is 38.9 Å². The van der Waals surface area contributed by atoms with Crippen molar-refractivity contribution in [1.29, 1.82) is 0 Å². The quantitative estimate of drug-likeness (QED) is 0.168. The zero-order valence-electron chi connectivity index (χ0n) is 28.8. The van der Waals surface area contributed by atoms with E-state index in [9.17, 15) is 0 Å². The smallest absolute Gasteiger partial charge is 0.0788 e. The first-order chi connectivity index (χ1) is 23.7. The van der Waals surface area contributed by atoms with E-state index in [2.05, 4.69) is 172 Å². The van der Waals surface area contributed by atoms with Crippen molar-refractivity contribution in [1.82, 2.24) is 9.97 Å². The zero-order valence-corrected chi connectivity index (χ0v) is 29.8. The van der Waals surface area contributed by atoms with E-state index in [-0.39, 0.29) is 5.41 Å². The predicted octanol–water partition coefficient (Wildman–Crippen LogP) is 11.7. The van der Waals surface area contributed by atoms with Crippen LogP contribution in [0.15, 0.2) is 152 Å². The number of aromatic nitrogens is 2. The molecule has 1 aliphatic rings. The van der Waals surface area contributed by atoms with Crippen molar-refractivity contribution >= 4 is 13.3 Å². The lowest BCUT2D eigenvalue weighted by Gasteiger charge is -2.22. The van der Waals surface area contributed by atoms with Gasteiger partial charge in [0.15, 0.2) is 0 Å². The van der Waals surface area contributed by atoms with Crippen LogP contribution in [0.2, 0.25) is 19.6 Å². The molecule has 0 radical (unpaired) electrons. The molecule has 2 aromatic heterocycles. The first-order valence-corrected chi connectivity index (χ1v) is 20.6. The van der Waals surface area contributed by atoms with Crippen LogP contribution in [0.25, 0.3) is 67.0 Å². The van der Waals surface area contributed by atoms with E-state index in [1.165, 1.54) is 49.7 Å². The fraction of sp³-hybridized carbons (Fsp3) is 0.130. The molecule has 2 nitrogen and oxygen atoms in total. The van der Waals surface area contributed by atoms with Gasteiger partial charge in [-0.1, -0.05) is 142 Å². The average Bonchev–Trinajstić information content (AvgIpc) is 3.37. The standard InChI is InChI=1S/C46H40N2Si/c1-46(2)42-17-7-6-16-40(42)41-23-20-35(29-43(41)46)33-12-8-11-32(27-33)34-13-9-14-36(28-34)44-25-24-39(37-15-10-26-47-30-37)45(48-44)31-18-21-38(22-19-31)49(3,4)5/h6-30H,1-5H3. The molecule has 0 aliphatic heterocycles.